The van der Waals surface area contributed by atoms with Gasteiger partial charge in [-0.2, -0.15) is 0 Å². The number of hydrogen-bond acceptors (Lipinski definition) is 6. The fourth-order valence-corrected chi connectivity index (χ4v) is 4.02. The van der Waals surface area contributed by atoms with Gasteiger partial charge >= 0.3 is 30.8 Å². The van der Waals surface area contributed by atoms with Gasteiger partial charge in [0, 0.05) is 25.9 Å². The second-order valence-corrected chi connectivity index (χ2v) is 8.14. The molecule has 190 valence electrons. The van der Waals surface area contributed by atoms with E-state index in [1.165, 1.54) is 7.11 Å². The van der Waals surface area contributed by atoms with E-state index >= 15 is 0 Å². The minimum Gasteiger partial charge on any atom is -0.870 e. The molecule has 0 aromatic heterocycles. The molecule has 0 radical (unpaired) electrons. The van der Waals surface area contributed by atoms with Crippen molar-refractivity contribution >= 4 is 35.1 Å². The van der Waals surface area contributed by atoms with Crippen LogP contribution in [0.3, 0.4) is 0 Å². The summed E-state index contributed by atoms with van der Waals surface area (Å²) < 4.78 is 4.75. The number of nitrogens with zero attached hydrogens (tertiary/aromatic N) is 2. The standard InChI is InChI=1S/C13H15NO3.C12H13NO3.Li.2H2O/c1-9-5-6-11(10(8-9)13(16)17-2)14-7-3-4-12(14)15;1-8-4-5-10(9(7-8)12(15)16)13-6-2-3-11(13)14;;;/h5-6,8H,3-4,7H2,1-2H3;4-5,7H,2-3,6H2,1H3,(H,15,16);;2*1H2/q;;+1;;/p-1. The zero-order chi connectivity index (χ0) is 24.1. The van der Waals surface area contributed by atoms with Crippen LogP contribution in [0.2, 0.25) is 0 Å². The molecule has 2 aromatic carbocycles. The van der Waals surface area contributed by atoms with E-state index in [4.69, 9.17) is 9.84 Å². The Morgan fingerprint density at radius 3 is 1.61 bits per heavy atom. The van der Waals surface area contributed by atoms with E-state index < -0.39 is 11.9 Å². The first-order valence-electron chi connectivity index (χ1n) is 10.9. The maximum atomic E-state index is 11.7. The van der Waals surface area contributed by atoms with Crippen molar-refractivity contribution in [1.82, 2.24) is 0 Å². The van der Waals surface area contributed by atoms with Crippen LogP contribution in [0.4, 0.5) is 11.4 Å². The second kappa shape index (κ2) is 14.4. The Balaban J connectivity index is 0.000000629. The number of carbonyl (C=O) groups excluding carboxylic acids is 3. The molecule has 0 aliphatic carbocycles. The number of carboxylic acid groups (broad SMARTS) is 1. The van der Waals surface area contributed by atoms with Gasteiger partial charge in [-0.3, -0.25) is 9.59 Å². The molecule has 4 rings (SSSR count). The van der Waals surface area contributed by atoms with Crippen molar-refractivity contribution < 1.29 is 58.8 Å². The van der Waals surface area contributed by atoms with E-state index in [1.807, 2.05) is 32.0 Å². The van der Waals surface area contributed by atoms with Crippen LogP contribution in [0.15, 0.2) is 36.4 Å². The van der Waals surface area contributed by atoms with Gasteiger partial charge in [-0.25, -0.2) is 9.59 Å². The van der Waals surface area contributed by atoms with Crippen LogP contribution < -0.4 is 28.7 Å². The number of carbonyl (C=O) groups is 4. The number of aryl methyl sites for hydroxylation is 2. The van der Waals surface area contributed by atoms with Gasteiger partial charge in [-0.15, -0.1) is 0 Å². The van der Waals surface area contributed by atoms with Gasteiger partial charge in [0.2, 0.25) is 11.8 Å². The van der Waals surface area contributed by atoms with E-state index in [0.717, 1.165) is 24.0 Å². The largest absolute Gasteiger partial charge is 1.00 e. The van der Waals surface area contributed by atoms with E-state index in [2.05, 4.69) is 0 Å². The Labute approximate surface area is 222 Å². The van der Waals surface area contributed by atoms with Crippen molar-refractivity contribution in [2.24, 2.45) is 0 Å². The first-order valence-corrected chi connectivity index (χ1v) is 10.9. The molecule has 0 saturated carbocycles. The molecule has 2 heterocycles. The van der Waals surface area contributed by atoms with Crippen LogP contribution in [0.25, 0.3) is 0 Å². The molecule has 0 unspecified atom stereocenters. The van der Waals surface area contributed by atoms with Crippen LogP contribution in [0.1, 0.15) is 57.5 Å². The summed E-state index contributed by atoms with van der Waals surface area (Å²) in [6.45, 7) is 5.03. The van der Waals surface area contributed by atoms with Gasteiger partial charge in [0.15, 0.2) is 0 Å². The molecule has 2 fully saturated rings. The minimum absolute atomic E-state index is 0. The Bertz CT molecular complexity index is 1110. The van der Waals surface area contributed by atoms with Gasteiger partial charge in [-0.05, 0) is 51.0 Å². The van der Waals surface area contributed by atoms with Gasteiger partial charge in [0.05, 0.1) is 29.6 Å². The monoisotopic (exact) mass is 494 g/mol. The smallest absolute Gasteiger partial charge is 0.870 e. The number of benzene rings is 2. The molecule has 4 N–H and O–H groups in total. The van der Waals surface area contributed by atoms with Crippen molar-refractivity contribution in [1.29, 1.82) is 0 Å². The van der Waals surface area contributed by atoms with E-state index in [-0.39, 0.29) is 47.2 Å². The van der Waals surface area contributed by atoms with Crippen molar-refractivity contribution in [3.63, 3.8) is 0 Å². The number of anilines is 2. The molecule has 2 aromatic rings. The Hall–Kier alpha value is -3.16. The van der Waals surface area contributed by atoms with Crippen LogP contribution in [-0.4, -0.2) is 60.0 Å². The third kappa shape index (κ3) is 7.42. The predicted octanol–water partition coefficient (Wildman–Crippen LogP) is -0.269. The molecule has 11 heteroatoms. The van der Waals surface area contributed by atoms with E-state index in [1.54, 1.807) is 28.0 Å². The zero-order valence-electron chi connectivity index (χ0n) is 21.0. The third-order valence-corrected chi connectivity index (χ3v) is 5.67. The minimum atomic E-state index is -0.988. The van der Waals surface area contributed by atoms with E-state index in [9.17, 15) is 19.2 Å². The normalized spacial score (nSPS) is 14.1. The molecule has 2 amide bonds. The summed E-state index contributed by atoms with van der Waals surface area (Å²) in [5.74, 6) is -1.31. The Morgan fingerprint density at radius 1 is 0.833 bits per heavy atom. The molecule has 2 aliphatic rings. The maximum Gasteiger partial charge on any atom is 1.00 e. The summed E-state index contributed by atoms with van der Waals surface area (Å²) in [4.78, 5) is 49.3. The zero-order valence-corrected chi connectivity index (χ0v) is 21.0. The fourth-order valence-electron chi connectivity index (χ4n) is 4.02. The number of amides is 2. The number of ether oxygens (including phenoxy) is 1. The molecule has 0 atom stereocenters. The summed E-state index contributed by atoms with van der Waals surface area (Å²) in [6.07, 6.45) is 2.69. The number of esters is 1. The van der Waals surface area contributed by atoms with Crippen LogP contribution in [0, 0.1) is 13.8 Å². The number of aromatic carboxylic acids is 1. The Kier molecular flexibility index (Phi) is 13.1. The quantitative estimate of drug-likeness (QED) is 0.451. The van der Waals surface area contributed by atoms with E-state index in [0.29, 0.717) is 42.9 Å². The third-order valence-electron chi connectivity index (χ3n) is 5.67. The molecule has 10 nitrogen and oxygen atoms in total. The molecule has 36 heavy (non-hydrogen) atoms. The summed E-state index contributed by atoms with van der Waals surface area (Å²) in [5.41, 5.74) is 3.69. The molecule has 0 spiro atoms. The fraction of sp³-hybridized carbons (Fsp3) is 0.360. The van der Waals surface area contributed by atoms with Gasteiger partial charge < -0.3 is 30.6 Å². The van der Waals surface area contributed by atoms with Crippen molar-refractivity contribution in [3.8, 4) is 0 Å². The van der Waals surface area contributed by atoms with Crippen molar-refractivity contribution in [3.05, 3.63) is 58.7 Å². The summed E-state index contributed by atoms with van der Waals surface area (Å²) in [6, 6.07) is 10.6. The number of hydrogen-bond donors (Lipinski definition) is 1. The topological polar surface area (TPSA) is 166 Å². The van der Waals surface area contributed by atoms with Crippen LogP contribution in [0.5, 0.6) is 0 Å². The Morgan fingerprint density at radius 2 is 1.25 bits per heavy atom. The van der Waals surface area contributed by atoms with Gasteiger partial charge in [0.1, 0.15) is 0 Å². The van der Waals surface area contributed by atoms with Gasteiger partial charge in [-0.1, -0.05) is 23.3 Å². The van der Waals surface area contributed by atoms with Gasteiger partial charge in [0.25, 0.3) is 0 Å². The maximum absolute atomic E-state index is 11.7. The molecular weight excluding hydrogens is 463 g/mol. The number of carboxylic acids is 1. The molecule has 2 aliphatic heterocycles. The SMILES string of the molecule is COC(=O)c1cc(C)ccc1N1CCCC1=O.Cc1ccc(N2CCCC2=O)c(C(=O)O)c1.O.[Li+].[OH-]. The number of rotatable bonds is 4. The molecule has 0 bridgehead atoms. The molecule has 2 saturated heterocycles. The van der Waals surface area contributed by atoms with Crippen LogP contribution >= 0.6 is 0 Å². The number of methoxy groups -OCH3 is 1. The van der Waals surface area contributed by atoms with Crippen LogP contribution in [-0.2, 0) is 14.3 Å². The predicted molar refractivity (Wildman–Crippen MR) is 129 cm³/mol. The summed E-state index contributed by atoms with van der Waals surface area (Å²) >= 11 is 0. The average molecular weight is 494 g/mol. The molecular formula is C25H31LiN2O8. The average Bonchev–Trinajstić information content (AvgIpc) is 3.41. The summed E-state index contributed by atoms with van der Waals surface area (Å²) in [5, 5.41) is 9.10. The first-order chi connectivity index (χ1) is 15.7. The van der Waals surface area contributed by atoms with Crippen molar-refractivity contribution in [2.75, 3.05) is 30.0 Å². The van der Waals surface area contributed by atoms with Crippen molar-refractivity contribution in [2.45, 2.75) is 39.5 Å². The summed E-state index contributed by atoms with van der Waals surface area (Å²) in [7, 11) is 1.35. The first kappa shape index (κ1) is 32.8. The second-order valence-electron chi connectivity index (χ2n) is 8.14.